The second-order valence-corrected chi connectivity index (χ2v) is 3.74. The maximum Gasteiger partial charge on any atom is 0.321 e. The molecule has 0 fully saturated rings. The highest BCUT2D eigenvalue weighted by Gasteiger charge is 2.17. The molecule has 8 nitrogen and oxygen atoms in total. The van der Waals surface area contributed by atoms with Gasteiger partial charge in [-0.05, 0) is 17.9 Å². The van der Waals surface area contributed by atoms with Crippen LogP contribution in [0, 0.1) is 10.1 Å². The Labute approximate surface area is 102 Å². The van der Waals surface area contributed by atoms with E-state index in [4.69, 9.17) is 0 Å². The van der Waals surface area contributed by atoms with Gasteiger partial charge in [0.15, 0.2) is 5.69 Å². The first-order chi connectivity index (χ1) is 8.58. The minimum Gasteiger partial charge on any atom is -0.358 e. The van der Waals surface area contributed by atoms with Crippen LogP contribution in [0.1, 0.15) is 29.0 Å². The molecule has 0 aliphatic rings. The van der Waals surface area contributed by atoms with Crippen molar-refractivity contribution in [1.29, 1.82) is 0 Å². The molecule has 0 spiro atoms. The number of amides is 1. The van der Waals surface area contributed by atoms with Gasteiger partial charge in [-0.2, -0.15) is 5.10 Å². The summed E-state index contributed by atoms with van der Waals surface area (Å²) in [6, 6.07) is 2.38. The Balaban J connectivity index is 2.05. The average Bonchev–Trinajstić information content (AvgIpc) is 3.00. The smallest absolute Gasteiger partial charge is 0.321 e. The number of carbonyl (C=O) groups excluding carboxylic acids is 1. The predicted molar refractivity (Wildman–Crippen MR) is 61.9 cm³/mol. The predicted octanol–water partition coefficient (Wildman–Crippen LogP) is 1.14. The molecule has 18 heavy (non-hydrogen) atoms. The van der Waals surface area contributed by atoms with E-state index in [2.05, 4.69) is 20.5 Å². The van der Waals surface area contributed by atoms with E-state index in [9.17, 15) is 14.9 Å². The second-order valence-electron chi connectivity index (χ2n) is 3.74. The number of hydrogen-bond acceptors (Lipinski definition) is 4. The molecule has 2 rings (SSSR count). The van der Waals surface area contributed by atoms with E-state index in [1.807, 2.05) is 0 Å². The third-order valence-corrected chi connectivity index (χ3v) is 2.48. The van der Waals surface area contributed by atoms with Crippen molar-refractivity contribution in [3.8, 4) is 0 Å². The molecule has 3 N–H and O–H groups in total. The highest BCUT2D eigenvalue weighted by Crippen LogP contribution is 2.13. The van der Waals surface area contributed by atoms with E-state index in [-0.39, 0.29) is 17.6 Å². The Kier molecular flexibility index (Phi) is 3.09. The van der Waals surface area contributed by atoms with Gasteiger partial charge in [0.05, 0.1) is 12.2 Å². The van der Waals surface area contributed by atoms with Gasteiger partial charge in [0.1, 0.15) is 0 Å². The fraction of sp³-hybridized carbons (Fsp3) is 0.200. The SMILES string of the molecule is CC(NC(=O)c1ccc([N+](=O)[O-])[nH]1)c1cn[nH]c1. The first-order valence-corrected chi connectivity index (χ1v) is 5.21. The topological polar surface area (TPSA) is 117 Å². The summed E-state index contributed by atoms with van der Waals surface area (Å²) in [5, 5.41) is 19.6. The molecule has 0 aliphatic heterocycles. The fourth-order valence-corrected chi connectivity index (χ4v) is 1.48. The average molecular weight is 249 g/mol. The molecule has 0 saturated heterocycles. The molecule has 0 bridgehead atoms. The van der Waals surface area contributed by atoms with Crippen LogP contribution >= 0.6 is 0 Å². The quantitative estimate of drug-likeness (QED) is 0.556. The zero-order valence-corrected chi connectivity index (χ0v) is 9.51. The summed E-state index contributed by atoms with van der Waals surface area (Å²) in [6.07, 6.45) is 3.27. The van der Waals surface area contributed by atoms with E-state index in [1.165, 1.54) is 12.1 Å². The molecule has 1 atom stereocenters. The Morgan fingerprint density at radius 3 is 2.89 bits per heavy atom. The maximum atomic E-state index is 11.8. The van der Waals surface area contributed by atoms with Crippen molar-refractivity contribution in [2.24, 2.45) is 0 Å². The van der Waals surface area contributed by atoms with Crippen LogP contribution in [0.3, 0.4) is 0 Å². The van der Waals surface area contributed by atoms with Crippen molar-refractivity contribution in [1.82, 2.24) is 20.5 Å². The third kappa shape index (κ3) is 2.37. The van der Waals surface area contributed by atoms with E-state index >= 15 is 0 Å². The van der Waals surface area contributed by atoms with Gasteiger partial charge in [0.25, 0.3) is 5.91 Å². The number of H-pyrrole nitrogens is 2. The monoisotopic (exact) mass is 249 g/mol. The van der Waals surface area contributed by atoms with Crippen molar-refractivity contribution in [3.63, 3.8) is 0 Å². The molecule has 8 heteroatoms. The standard InChI is InChI=1S/C10H11N5O3/c1-6(7-4-11-12-5-7)13-10(16)8-2-3-9(14-8)15(17)18/h2-6,14H,1H3,(H,11,12)(H,13,16). The first kappa shape index (κ1) is 11.8. The summed E-state index contributed by atoms with van der Waals surface area (Å²) in [5.41, 5.74) is 0.974. The lowest BCUT2D eigenvalue weighted by Crippen LogP contribution is -2.26. The lowest BCUT2D eigenvalue weighted by molar-refractivity contribution is -0.389. The van der Waals surface area contributed by atoms with Crippen LogP contribution < -0.4 is 5.32 Å². The molecule has 2 heterocycles. The summed E-state index contributed by atoms with van der Waals surface area (Å²) >= 11 is 0. The van der Waals surface area contributed by atoms with Crippen LogP contribution in [-0.4, -0.2) is 26.0 Å². The normalized spacial score (nSPS) is 12.1. The van der Waals surface area contributed by atoms with E-state index in [1.54, 1.807) is 19.3 Å². The Morgan fingerprint density at radius 2 is 2.33 bits per heavy atom. The largest absolute Gasteiger partial charge is 0.358 e. The maximum absolute atomic E-state index is 11.8. The zero-order valence-electron chi connectivity index (χ0n) is 9.51. The fourth-order valence-electron chi connectivity index (χ4n) is 1.48. The summed E-state index contributed by atoms with van der Waals surface area (Å²) in [7, 11) is 0. The molecule has 1 unspecified atom stereocenters. The van der Waals surface area contributed by atoms with Crippen molar-refractivity contribution in [2.75, 3.05) is 0 Å². The van der Waals surface area contributed by atoms with E-state index < -0.39 is 10.8 Å². The van der Waals surface area contributed by atoms with Crippen LogP contribution in [0.4, 0.5) is 5.82 Å². The number of nitrogens with one attached hydrogen (secondary N) is 3. The van der Waals surface area contributed by atoms with Gasteiger partial charge in [-0.1, -0.05) is 0 Å². The molecular formula is C10H11N5O3. The van der Waals surface area contributed by atoms with Gasteiger partial charge in [-0.3, -0.25) is 9.89 Å². The van der Waals surface area contributed by atoms with Gasteiger partial charge < -0.3 is 15.4 Å². The van der Waals surface area contributed by atoms with E-state index in [0.29, 0.717) is 0 Å². The molecule has 2 aromatic heterocycles. The molecule has 1 amide bonds. The minimum atomic E-state index is -0.587. The lowest BCUT2D eigenvalue weighted by atomic mass is 10.2. The Bertz CT molecular complexity index is 560. The Morgan fingerprint density at radius 1 is 1.56 bits per heavy atom. The lowest BCUT2D eigenvalue weighted by Gasteiger charge is -2.09. The minimum absolute atomic E-state index is 0.150. The number of aromatic nitrogens is 3. The molecule has 94 valence electrons. The number of nitrogens with zero attached hydrogens (tertiary/aromatic N) is 2. The molecular weight excluding hydrogens is 238 g/mol. The number of rotatable bonds is 4. The molecule has 2 aromatic rings. The summed E-state index contributed by atoms with van der Waals surface area (Å²) in [6.45, 7) is 1.79. The number of carbonyl (C=O) groups is 1. The second kappa shape index (κ2) is 4.70. The summed E-state index contributed by atoms with van der Waals surface area (Å²) in [5.74, 6) is -0.618. The van der Waals surface area contributed by atoms with Crippen molar-refractivity contribution in [2.45, 2.75) is 13.0 Å². The van der Waals surface area contributed by atoms with Crippen LogP contribution in [0.25, 0.3) is 0 Å². The van der Waals surface area contributed by atoms with Gasteiger partial charge in [-0.25, -0.2) is 4.98 Å². The highest BCUT2D eigenvalue weighted by molar-refractivity contribution is 5.93. The van der Waals surface area contributed by atoms with Crippen molar-refractivity contribution >= 4 is 11.7 Å². The van der Waals surface area contributed by atoms with Crippen molar-refractivity contribution < 1.29 is 9.72 Å². The first-order valence-electron chi connectivity index (χ1n) is 5.21. The van der Waals surface area contributed by atoms with Crippen LogP contribution in [0.5, 0.6) is 0 Å². The van der Waals surface area contributed by atoms with Crippen LogP contribution in [0.15, 0.2) is 24.5 Å². The van der Waals surface area contributed by atoms with E-state index in [0.717, 1.165) is 5.56 Å². The van der Waals surface area contributed by atoms with Gasteiger partial charge in [0, 0.05) is 17.8 Å². The van der Waals surface area contributed by atoms with Crippen LogP contribution in [0.2, 0.25) is 0 Å². The summed E-state index contributed by atoms with van der Waals surface area (Å²) < 4.78 is 0. The summed E-state index contributed by atoms with van der Waals surface area (Å²) in [4.78, 5) is 24.1. The number of aromatic amines is 2. The highest BCUT2D eigenvalue weighted by atomic mass is 16.6. The van der Waals surface area contributed by atoms with Crippen molar-refractivity contribution in [3.05, 3.63) is 45.9 Å². The molecule has 0 aliphatic carbocycles. The number of nitro groups is 1. The van der Waals surface area contributed by atoms with Gasteiger partial charge in [-0.15, -0.1) is 0 Å². The Hall–Kier alpha value is -2.64. The molecule has 0 aromatic carbocycles. The third-order valence-electron chi connectivity index (χ3n) is 2.48. The van der Waals surface area contributed by atoms with Crippen LogP contribution in [-0.2, 0) is 0 Å². The van der Waals surface area contributed by atoms with Gasteiger partial charge in [0.2, 0.25) is 0 Å². The number of hydrogen-bond donors (Lipinski definition) is 3. The van der Waals surface area contributed by atoms with Gasteiger partial charge >= 0.3 is 5.82 Å². The molecule has 0 radical (unpaired) electrons. The molecule has 0 saturated carbocycles. The zero-order chi connectivity index (χ0) is 13.1.